The van der Waals surface area contributed by atoms with E-state index in [1.165, 1.54) is 5.56 Å². The number of aryl methyl sites for hydroxylation is 1. The summed E-state index contributed by atoms with van der Waals surface area (Å²) < 4.78 is 0. The number of nitrogens with zero attached hydrogens (tertiary/aromatic N) is 1. The maximum atomic E-state index is 3.88. The molecule has 0 aromatic carbocycles. The lowest BCUT2D eigenvalue weighted by molar-refractivity contribution is 1.27. The van der Waals surface area contributed by atoms with Gasteiger partial charge in [-0.25, -0.2) is 0 Å². The number of rotatable bonds is 0. The van der Waals surface area contributed by atoms with E-state index in [1.54, 1.807) is 6.20 Å². The Morgan fingerprint density at radius 2 is 2.11 bits per heavy atom. The summed E-state index contributed by atoms with van der Waals surface area (Å²) in [5.41, 5.74) is 1.21. The van der Waals surface area contributed by atoms with Gasteiger partial charge in [0, 0.05) is 12.4 Å². The van der Waals surface area contributed by atoms with Crippen molar-refractivity contribution in [2.24, 2.45) is 0 Å². The lowest BCUT2D eigenvalue weighted by atomic mass is 10.3. The first-order valence-corrected chi connectivity index (χ1v) is 4.80. The quantitative estimate of drug-likeness (QED) is 0.497. The SMILES string of the molecule is CI.Cc1cccnc1. The van der Waals surface area contributed by atoms with E-state index in [2.05, 4.69) is 27.6 Å². The van der Waals surface area contributed by atoms with Gasteiger partial charge in [0.2, 0.25) is 0 Å². The molecule has 0 aliphatic carbocycles. The highest BCUT2D eigenvalue weighted by Crippen LogP contribution is 1.88. The molecule has 1 rings (SSSR count). The molecule has 1 heterocycles. The van der Waals surface area contributed by atoms with Crippen LogP contribution in [-0.4, -0.2) is 9.91 Å². The fourth-order valence-corrected chi connectivity index (χ4v) is 0.448. The highest BCUT2D eigenvalue weighted by atomic mass is 127. The summed E-state index contributed by atoms with van der Waals surface area (Å²) in [6.07, 6.45) is 3.60. The number of hydrogen-bond donors (Lipinski definition) is 0. The van der Waals surface area contributed by atoms with Crippen LogP contribution < -0.4 is 0 Å². The summed E-state index contributed by atoms with van der Waals surface area (Å²) >= 11 is 2.15. The third-order valence-electron chi connectivity index (χ3n) is 0.809. The Labute approximate surface area is 69.6 Å². The molecule has 0 saturated carbocycles. The van der Waals surface area contributed by atoms with Gasteiger partial charge in [-0.15, -0.1) is 0 Å². The van der Waals surface area contributed by atoms with Crippen LogP contribution in [-0.2, 0) is 0 Å². The lowest BCUT2D eigenvalue weighted by Crippen LogP contribution is -1.69. The summed E-state index contributed by atoms with van der Waals surface area (Å²) in [7, 11) is 0. The van der Waals surface area contributed by atoms with Crippen LogP contribution in [0.4, 0.5) is 0 Å². The van der Waals surface area contributed by atoms with Gasteiger partial charge in [-0.2, -0.15) is 0 Å². The minimum Gasteiger partial charge on any atom is -0.264 e. The second-order valence-electron chi connectivity index (χ2n) is 1.53. The molecule has 1 aromatic heterocycles. The predicted molar refractivity (Wildman–Crippen MR) is 48.9 cm³/mol. The number of pyridine rings is 1. The Bertz CT molecular complexity index is 139. The van der Waals surface area contributed by atoms with E-state index < -0.39 is 0 Å². The number of hydrogen-bond acceptors (Lipinski definition) is 1. The van der Waals surface area contributed by atoms with E-state index >= 15 is 0 Å². The van der Waals surface area contributed by atoms with Gasteiger partial charge in [-0.3, -0.25) is 4.98 Å². The number of alkyl halides is 1. The molecule has 1 nitrogen and oxygen atoms in total. The van der Waals surface area contributed by atoms with Crippen LogP contribution in [0.3, 0.4) is 0 Å². The van der Waals surface area contributed by atoms with Crippen LogP contribution in [0.1, 0.15) is 5.56 Å². The maximum absolute atomic E-state index is 3.88. The topological polar surface area (TPSA) is 12.9 Å². The molecule has 0 bridgehead atoms. The molecule has 0 amide bonds. The zero-order chi connectivity index (χ0) is 7.11. The van der Waals surface area contributed by atoms with Gasteiger partial charge in [0.25, 0.3) is 0 Å². The van der Waals surface area contributed by atoms with Crippen molar-refractivity contribution in [1.29, 1.82) is 0 Å². The van der Waals surface area contributed by atoms with Crippen molar-refractivity contribution >= 4 is 22.6 Å². The van der Waals surface area contributed by atoms with Crippen LogP contribution in [0, 0.1) is 6.92 Å². The van der Waals surface area contributed by atoms with Crippen molar-refractivity contribution in [2.75, 3.05) is 4.93 Å². The van der Waals surface area contributed by atoms with E-state index in [0.717, 1.165) is 0 Å². The number of halogens is 1. The minimum absolute atomic E-state index is 1.21. The second-order valence-corrected chi connectivity index (χ2v) is 1.53. The van der Waals surface area contributed by atoms with Crippen molar-refractivity contribution in [2.45, 2.75) is 6.92 Å². The highest BCUT2D eigenvalue weighted by Gasteiger charge is 1.73. The van der Waals surface area contributed by atoms with E-state index in [9.17, 15) is 0 Å². The summed E-state index contributed by atoms with van der Waals surface area (Å²) in [4.78, 5) is 5.85. The van der Waals surface area contributed by atoms with Gasteiger partial charge in [0.15, 0.2) is 0 Å². The maximum Gasteiger partial charge on any atom is 0.0297 e. The van der Waals surface area contributed by atoms with Crippen molar-refractivity contribution in [3.05, 3.63) is 30.1 Å². The molecular weight excluding hydrogens is 225 g/mol. The predicted octanol–water partition coefficient (Wildman–Crippen LogP) is 2.44. The Kier molecular flexibility index (Phi) is 5.93. The first-order valence-electron chi connectivity index (χ1n) is 2.64. The summed E-state index contributed by atoms with van der Waals surface area (Å²) in [5, 5.41) is 0. The molecule has 1 aromatic rings. The summed E-state index contributed by atoms with van der Waals surface area (Å²) in [5.74, 6) is 0. The van der Waals surface area contributed by atoms with Crippen molar-refractivity contribution in [3.8, 4) is 0 Å². The van der Waals surface area contributed by atoms with E-state index in [-0.39, 0.29) is 0 Å². The van der Waals surface area contributed by atoms with Gasteiger partial charge in [0.1, 0.15) is 0 Å². The van der Waals surface area contributed by atoms with Crippen LogP contribution >= 0.6 is 22.6 Å². The molecule has 0 saturated heterocycles. The smallest absolute Gasteiger partial charge is 0.0297 e. The summed E-state index contributed by atoms with van der Waals surface area (Å²) in [6, 6.07) is 3.95. The van der Waals surface area contributed by atoms with Crippen LogP contribution in [0.15, 0.2) is 24.5 Å². The van der Waals surface area contributed by atoms with Gasteiger partial charge < -0.3 is 0 Å². The van der Waals surface area contributed by atoms with Gasteiger partial charge in [0.05, 0.1) is 0 Å². The second kappa shape index (κ2) is 6.01. The molecule has 0 N–H and O–H groups in total. The van der Waals surface area contributed by atoms with E-state index in [4.69, 9.17) is 0 Å². The molecule has 9 heavy (non-hydrogen) atoms. The fourth-order valence-electron chi connectivity index (χ4n) is 0.448. The molecule has 0 radical (unpaired) electrons. The van der Waals surface area contributed by atoms with Crippen molar-refractivity contribution < 1.29 is 0 Å². The van der Waals surface area contributed by atoms with Crippen LogP contribution in [0.5, 0.6) is 0 Å². The fraction of sp³-hybridized carbons (Fsp3) is 0.286. The third kappa shape index (κ3) is 4.39. The molecule has 0 aliphatic heterocycles. The first kappa shape index (κ1) is 8.88. The summed E-state index contributed by atoms with van der Waals surface area (Å²) in [6.45, 7) is 2.02. The van der Waals surface area contributed by atoms with Crippen LogP contribution in [0.25, 0.3) is 0 Å². The zero-order valence-electron chi connectivity index (χ0n) is 5.63. The first-order chi connectivity index (χ1) is 4.39. The monoisotopic (exact) mass is 235 g/mol. The normalized spacial score (nSPS) is 7.44. The average molecular weight is 235 g/mol. The van der Waals surface area contributed by atoms with Crippen molar-refractivity contribution in [3.63, 3.8) is 0 Å². The Balaban J connectivity index is 0.000000291. The standard InChI is InChI=1S/C6H7N.CH3I/c1-6-3-2-4-7-5-6;1-2/h2-5H,1H3;1H3. The molecule has 0 aliphatic rings. The highest BCUT2D eigenvalue weighted by molar-refractivity contribution is 14.1. The molecular formula is C7H10IN. The lowest BCUT2D eigenvalue weighted by Gasteiger charge is -1.82. The van der Waals surface area contributed by atoms with Gasteiger partial charge in [-0.05, 0) is 23.5 Å². The Morgan fingerprint density at radius 1 is 1.44 bits per heavy atom. The molecule has 50 valence electrons. The molecule has 0 spiro atoms. The molecule has 0 atom stereocenters. The average Bonchev–Trinajstić information content (AvgIpc) is 1.94. The van der Waals surface area contributed by atoms with E-state index in [0.29, 0.717) is 0 Å². The number of aromatic nitrogens is 1. The third-order valence-corrected chi connectivity index (χ3v) is 0.809. The largest absolute Gasteiger partial charge is 0.264 e. The van der Waals surface area contributed by atoms with Gasteiger partial charge >= 0.3 is 0 Å². The molecule has 2 heteroatoms. The zero-order valence-corrected chi connectivity index (χ0v) is 7.79. The van der Waals surface area contributed by atoms with Crippen molar-refractivity contribution in [1.82, 2.24) is 4.98 Å². The Morgan fingerprint density at radius 3 is 2.33 bits per heavy atom. The van der Waals surface area contributed by atoms with Gasteiger partial charge in [-0.1, -0.05) is 28.7 Å². The van der Waals surface area contributed by atoms with E-state index in [1.807, 2.05) is 30.2 Å². The van der Waals surface area contributed by atoms with Crippen LogP contribution in [0.2, 0.25) is 0 Å². The molecule has 0 fully saturated rings. The Hall–Kier alpha value is -0.120. The minimum atomic E-state index is 1.21. The molecule has 0 unspecified atom stereocenters.